The van der Waals surface area contributed by atoms with Crippen LogP contribution >= 0.6 is 0 Å². The van der Waals surface area contributed by atoms with E-state index >= 15 is 0 Å². The highest BCUT2D eigenvalue weighted by Crippen LogP contribution is 2.25. The SMILES string of the molecule is COC(=O)CCNC(=O)c1ccc(NC(=O)C2CCC(N)C2)cc1. The lowest BCUT2D eigenvalue weighted by molar-refractivity contribution is -0.140. The van der Waals surface area contributed by atoms with E-state index in [1.54, 1.807) is 24.3 Å². The highest BCUT2D eigenvalue weighted by Gasteiger charge is 2.27. The zero-order valence-corrected chi connectivity index (χ0v) is 13.7. The van der Waals surface area contributed by atoms with Crippen LogP contribution in [-0.4, -0.2) is 37.5 Å². The first-order valence-electron chi connectivity index (χ1n) is 8.01. The summed E-state index contributed by atoms with van der Waals surface area (Å²) >= 11 is 0. The van der Waals surface area contributed by atoms with Gasteiger partial charge in [-0.15, -0.1) is 0 Å². The second-order valence-corrected chi connectivity index (χ2v) is 5.92. The predicted octanol–water partition coefficient (Wildman–Crippen LogP) is 1.05. The van der Waals surface area contributed by atoms with Gasteiger partial charge >= 0.3 is 5.97 Å². The fourth-order valence-corrected chi connectivity index (χ4v) is 2.69. The average Bonchev–Trinajstić information content (AvgIpc) is 3.01. The van der Waals surface area contributed by atoms with Crippen LogP contribution < -0.4 is 16.4 Å². The molecule has 7 nitrogen and oxygen atoms in total. The molecular formula is C17H23N3O4. The van der Waals surface area contributed by atoms with Gasteiger partial charge in [0, 0.05) is 29.8 Å². The second kappa shape index (κ2) is 8.44. The van der Waals surface area contributed by atoms with Crippen LogP contribution in [0.15, 0.2) is 24.3 Å². The van der Waals surface area contributed by atoms with E-state index in [0.29, 0.717) is 17.7 Å². The van der Waals surface area contributed by atoms with E-state index in [4.69, 9.17) is 5.73 Å². The summed E-state index contributed by atoms with van der Waals surface area (Å²) in [6.45, 7) is 0.214. The van der Waals surface area contributed by atoms with Crippen LogP contribution in [0.1, 0.15) is 36.0 Å². The number of rotatable bonds is 6. The molecule has 7 heteroatoms. The van der Waals surface area contributed by atoms with Crippen molar-refractivity contribution in [2.45, 2.75) is 31.7 Å². The minimum atomic E-state index is -0.375. The van der Waals surface area contributed by atoms with Crippen molar-refractivity contribution in [1.82, 2.24) is 5.32 Å². The summed E-state index contributed by atoms with van der Waals surface area (Å²) in [7, 11) is 1.30. The number of methoxy groups -OCH3 is 1. The molecular weight excluding hydrogens is 310 g/mol. The number of anilines is 1. The van der Waals surface area contributed by atoms with Crippen LogP contribution in [0.5, 0.6) is 0 Å². The van der Waals surface area contributed by atoms with Gasteiger partial charge in [0.2, 0.25) is 5.91 Å². The molecule has 1 fully saturated rings. The van der Waals surface area contributed by atoms with Crippen LogP contribution in [0.4, 0.5) is 5.69 Å². The Morgan fingerprint density at radius 2 is 1.92 bits per heavy atom. The molecule has 0 saturated heterocycles. The molecule has 0 aromatic heterocycles. The number of hydrogen-bond acceptors (Lipinski definition) is 5. The van der Waals surface area contributed by atoms with Gasteiger partial charge in [-0.25, -0.2) is 0 Å². The largest absolute Gasteiger partial charge is 0.469 e. The van der Waals surface area contributed by atoms with Crippen LogP contribution in [0.3, 0.4) is 0 Å². The maximum absolute atomic E-state index is 12.1. The lowest BCUT2D eigenvalue weighted by Gasteiger charge is -2.11. The van der Waals surface area contributed by atoms with Crippen molar-refractivity contribution >= 4 is 23.5 Å². The van der Waals surface area contributed by atoms with Crippen molar-refractivity contribution in [2.75, 3.05) is 19.0 Å². The molecule has 2 amide bonds. The average molecular weight is 333 g/mol. The van der Waals surface area contributed by atoms with Gasteiger partial charge in [-0.2, -0.15) is 0 Å². The Morgan fingerprint density at radius 3 is 2.50 bits per heavy atom. The molecule has 2 atom stereocenters. The minimum absolute atomic E-state index is 0.0294. The topological polar surface area (TPSA) is 111 Å². The van der Waals surface area contributed by atoms with Crippen LogP contribution in [0.25, 0.3) is 0 Å². The van der Waals surface area contributed by atoms with Gasteiger partial charge in [-0.1, -0.05) is 0 Å². The van der Waals surface area contributed by atoms with E-state index < -0.39 is 0 Å². The molecule has 24 heavy (non-hydrogen) atoms. The molecule has 1 saturated carbocycles. The Hall–Kier alpha value is -2.41. The molecule has 0 aliphatic heterocycles. The minimum Gasteiger partial charge on any atom is -0.469 e. The first-order chi connectivity index (χ1) is 11.5. The zero-order chi connectivity index (χ0) is 17.5. The normalized spacial score (nSPS) is 19.6. The number of benzene rings is 1. The van der Waals surface area contributed by atoms with Gasteiger partial charge in [0.25, 0.3) is 5.91 Å². The standard InChI is InChI=1S/C17H23N3O4/c1-24-15(21)8-9-19-16(22)11-3-6-14(7-4-11)20-17(23)12-2-5-13(18)10-12/h3-4,6-7,12-13H,2,5,8-10,18H2,1H3,(H,19,22)(H,20,23). The Bertz CT molecular complexity index is 600. The number of amides is 2. The van der Waals surface area contributed by atoms with Gasteiger partial charge < -0.3 is 21.1 Å². The quantitative estimate of drug-likeness (QED) is 0.674. The summed E-state index contributed by atoms with van der Waals surface area (Å²) < 4.78 is 4.50. The van der Waals surface area contributed by atoms with Crippen molar-refractivity contribution < 1.29 is 19.1 Å². The van der Waals surface area contributed by atoms with Crippen LogP contribution in [0.2, 0.25) is 0 Å². The smallest absolute Gasteiger partial charge is 0.307 e. The third kappa shape index (κ3) is 5.06. The van der Waals surface area contributed by atoms with E-state index in [1.165, 1.54) is 7.11 Å². The number of hydrogen-bond donors (Lipinski definition) is 3. The van der Waals surface area contributed by atoms with Crippen LogP contribution in [-0.2, 0) is 14.3 Å². The second-order valence-electron chi connectivity index (χ2n) is 5.92. The van der Waals surface area contributed by atoms with Gasteiger partial charge in [0.1, 0.15) is 0 Å². The third-order valence-corrected chi connectivity index (χ3v) is 4.10. The molecule has 2 rings (SSSR count). The molecule has 4 N–H and O–H groups in total. The summed E-state index contributed by atoms with van der Waals surface area (Å²) in [5, 5.41) is 5.48. The maximum Gasteiger partial charge on any atom is 0.307 e. The Kier molecular flexibility index (Phi) is 6.31. The maximum atomic E-state index is 12.1. The number of esters is 1. The highest BCUT2D eigenvalue weighted by molar-refractivity contribution is 5.96. The summed E-state index contributed by atoms with van der Waals surface area (Å²) in [5.74, 6) is -0.724. The molecule has 1 aliphatic rings. The lowest BCUT2D eigenvalue weighted by Crippen LogP contribution is -2.26. The molecule has 2 unspecified atom stereocenters. The monoisotopic (exact) mass is 333 g/mol. The van der Waals surface area contributed by atoms with Crippen molar-refractivity contribution in [2.24, 2.45) is 11.7 Å². The van der Waals surface area contributed by atoms with Crippen molar-refractivity contribution in [3.8, 4) is 0 Å². The van der Waals surface area contributed by atoms with Crippen molar-refractivity contribution in [3.63, 3.8) is 0 Å². The molecule has 0 bridgehead atoms. The molecule has 0 spiro atoms. The third-order valence-electron chi connectivity index (χ3n) is 4.10. The first-order valence-corrected chi connectivity index (χ1v) is 8.01. The van der Waals surface area contributed by atoms with Crippen molar-refractivity contribution in [1.29, 1.82) is 0 Å². The van der Waals surface area contributed by atoms with E-state index in [2.05, 4.69) is 15.4 Å². The summed E-state index contributed by atoms with van der Waals surface area (Å²) in [4.78, 5) is 35.0. The van der Waals surface area contributed by atoms with E-state index in [-0.39, 0.29) is 42.7 Å². The Morgan fingerprint density at radius 1 is 1.21 bits per heavy atom. The highest BCUT2D eigenvalue weighted by atomic mass is 16.5. The Labute approximate surface area is 140 Å². The van der Waals surface area contributed by atoms with Crippen LogP contribution in [0, 0.1) is 5.92 Å². The van der Waals surface area contributed by atoms with E-state index in [0.717, 1.165) is 12.8 Å². The number of nitrogens with two attached hydrogens (primary N) is 1. The number of nitrogens with one attached hydrogen (secondary N) is 2. The lowest BCUT2D eigenvalue weighted by atomic mass is 10.1. The van der Waals surface area contributed by atoms with E-state index in [9.17, 15) is 14.4 Å². The number of carbonyl (C=O) groups is 3. The Balaban J connectivity index is 1.82. The van der Waals surface area contributed by atoms with E-state index in [1.807, 2.05) is 0 Å². The molecule has 1 aromatic carbocycles. The molecule has 0 radical (unpaired) electrons. The summed E-state index contributed by atoms with van der Waals surface area (Å²) in [6, 6.07) is 6.73. The molecule has 130 valence electrons. The molecule has 1 aliphatic carbocycles. The predicted molar refractivity (Wildman–Crippen MR) is 89.4 cm³/mol. The summed E-state index contributed by atoms with van der Waals surface area (Å²) in [5.41, 5.74) is 6.93. The fourth-order valence-electron chi connectivity index (χ4n) is 2.69. The number of ether oxygens (including phenoxy) is 1. The van der Waals surface area contributed by atoms with Gasteiger partial charge in [-0.3, -0.25) is 14.4 Å². The van der Waals surface area contributed by atoms with Crippen molar-refractivity contribution in [3.05, 3.63) is 29.8 Å². The van der Waals surface area contributed by atoms with Gasteiger partial charge in [0.05, 0.1) is 13.5 Å². The fraction of sp³-hybridized carbons (Fsp3) is 0.471. The molecule has 1 aromatic rings. The zero-order valence-electron chi connectivity index (χ0n) is 13.7. The number of carbonyl (C=O) groups excluding carboxylic acids is 3. The van der Waals surface area contributed by atoms with Gasteiger partial charge in [-0.05, 0) is 43.5 Å². The first kappa shape index (κ1) is 17.9. The molecule has 0 heterocycles. The summed E-state index contributed by atoms with van der Waals surface area (Å²) in [6.07, 6.45) is 2.53. The van der Waals surface area contributed by atoms with Gasteiger partial charge in [0.15, 0.2) is 0 Å².